The standard InChI is InChI=1S/C22H7F2N5O/c23-13-7-14(24)29-21-15(10(8-25)9-26)18(22(30)17(13)21)16-11-3-1-5-27-19(11)20-12(16)4-2-6-28-20/h1-7H. The number of fused-ring (bicyclic) bond motifs is 4. The maximum atomic E-state index is 14.6. The minimum absolute atomic E-state index is 0.0962. The Hall–Kier alpha value is -4.56. The van der Waals surface area contributed by atoms with Gasteiger partial charge in [-0.2, -0.15) is 14.9 Å². The third-order valence-electron chi connectivity index (χ3n) is 4.98. The average Bonchev–Trinajstić information content (AvgIpc) is 3.21. The number of aromatic nitrogens is 3. The van der Waals surface area contributed by atoms with Crippen molar-refractivity contribution in [3.05, 3.63) is 88.0 Å². The van der Waals surface area contributed by atoms with Crippen LogP contribution >= 0.6 is 0 Å². The summed E-state index contributed by atoms with van der Waals surface area (Å²) in [5.74, 6) is -3.05. The fourth-order valence-corrected chi connectivity index (χ4v) is 3.86. The van der Waals surface area contributed by atoms with Crippen LogP contribution in [-0.4, -0.2) is 20.7 Å². The SMILES string of the molecule is N#CC(C#N)=C1C(=C2c3cccnc3-c3ncccc32)C(=O)c2c(F)cc(F)nc21. The molecule has 0 aromatic carbocycles. The van der Waals surface area contributed by atoms with Gasteiger partial charge in [-0.25, -0.2) is 9.37 Å². The Morgan fingerprint density at radius 1 is 0.900 bits per heavy atom. The van der Waals surface area contributed by atoms with Gasteiger partial charge in [0.1, 0.15) is 23.5 Å². The normalized spacial score (nSPS) is 13.5. The summed E-state index contributed by atoms with van der Waals surface area (Å²) in [6, 6.07) is 10.7. The van der Waals surface area contributed by atoms with E-state index in [4.69, 9.17) is 0 Å². The van der Waals surface area contributed by atoms with Crippen molar-refractivity contribution in [3.8, 4) is 23.5 Å². The molecule has 0 saturated carbocycles. The number of rotatable bonds is 0. The van der Waals surface area contributed by atoms with Crippen molar-refractivity contribution in [1.82, 2.24) is 15.0 Å². The number of hydrogen-bond acceptors (Lipinski definition) is 6. The summed E-state index contributed by atoms with van der Waals surface area (Å²) < 4.78 is 28.5. The molecule has 8 heteroatoms. The third-order valence-corrected chi connectivity index (χ3v) is 4.98. The summed E-state index contributed by atoms with van der Waals surface area (Å²) in [7, 11) is 0. The van der Waals surface area contributed by atoms with Gasteiger partial charge in [0.2, 0.25) is 5.95 Å². The lowest BCUT2D eigenvalue weighted by atomic mass is 9.92. The first kappa shape index (κ1) is 17.5. The lowest BCUT2D eigenvalue weighted by Gasteiger charge is -2.08. The predicted octanol–water partition coefficient (Wildman–Crippen LogP) is 3.63. The molecule has 140 valence electrons. The highest BCUT2D eigenvalue weighted by Crippen LogP contribution is 2.50. The first-order chi connectivity index (χ1) is 14.6. The van der Waals surface area contributed by atoms with Gasteiger partial charge in [-0.05, 0) is 12.1 Å². The van der Waals surface area contributed by atoms with Crippen LogP contribution in [-0.2, 0) is 0 Å². The molecule has 0 unspecified atom stereocenters. The molecule has 0 spiro atoms. The Labute approximate surface area is 168 Å². The number of ketones is 1. The van der Waals surface area contributed by atoms with Crippen LogP contribution in [0.5, 0.6) is 0 Å². The molecule has 0 atom stereocenters. The molecule has 6 nitrogen and oxygen atoms in total. The van der Waals surface area contributed by atoms with Crippen LogP contribution in [0.1, 0.15) is 27.2 Å². The van der Waals surface area contributed by atoms with Gasteiger partial charge in [0.25, 0.3) is 0 Å². The zero-order valence-electron chi connectivity index (χ0n) is 14.9. The highest BCUT2D eigenvalue weighted by Gasteiger charge is 2.42. The molecule has 0 N–H and O–H groups in total. The van der Waals surface area contributed by atoms with Gasteiger partial charge in [-0.15, -0.1) is 0 Å². The van der Waals surface area contributed by atoms with E-state index in [1.807, 2.05) is 0 Å². The van der Waals surface area contributed by atoms with E-state index in [0.29, 0.717) is 34.2 Å². The Morgan fingerprint density at radius 3 is 2.07 bits per heavy atom. The van der Waals surface area contributed by atoms with E-state index >= 15 is 0 Å². The number of Topliss-reactive ketones (excluding diaryl/α,β-unsaturated/α-hetero) is 1. The summed E-state index contributed by atoms with van der Waals surface area (Å²) in [6.45, 7) is 0. The summed E-state index contributed by atoms with van der Waals surface area (Å²) in [5.41, 5.74) is 0.850. The summed E-state index contributed by atoms with van der Waals surface area (Å²) >= 11 is 0. The van der Waals surface area contributed by atoms with E-state index in [1.54, 1.807) is 48.8 Å². The fourth-order valence-electron chi connectivity index (χ4n) is 3.86. The molecule has 3 aromatic heterocycles. The Kier molecular flexibility index (Phi) is 3.64. The number of carbonyl (C=O) groups is 1. The molecule has 3 heterocycles. The van der Waals surface area contributed by atoms with Crippen molar-refractivity contribution in [3.63, 3.8) is 0 Å². The molecule has 0 fully saturated rings. The van der Waals surface area contributed by atoms with Gasteiger partial charge in [0, 0.05) is 46.3 Å². The number of pyridine rings is 3. The van der Waals surface area contributed by atoms with E-state index in [2.05, 4.69) is 15.0 Å². The van der Waals surface area contributed by atoms with Crippen molar-refractivity contribution in [2.24, 2.45) is 0 Å². The fraction of sp³-hybridized carbons (Fsp3) is 0. The molecule has 0 saturated heterocycles. The maximum Gasteiger partial charge on any atom is 0.216 e. The van der Waals surface area contributed by atoms with Gasteiger partial charge in [-0.1, -0.05) is 12.1 Å². The second-order valence-electron chi connectivity index (χ2n) is 6.50. The molecule has 3 aromatic rings. The molecule has 0 amide bonds. The number of nitrogens with zero attached hydrogens (tertiary/aromatic N) is 5. The summed E-state index contributed by atoms with van der Waals surface area (Å²) in [6.07, 6.45) is 3.14. The molecular formula is C22H7F2N5O. The molecule has 0 aliphatic heterocycles. The highest BCUT2D eigenvalue weighted by molar-refractivity contribution is 6.32. The van der Waals surface area contributed by atoms with Crippen LogP contribution in [0.3, 0.4) is 0 Å². The van der Waals surface area contributed by atoms with Crippen LogP contribution in [0.2, 0.25) is 0 Å². The maximum absolute atomic E-state index is 14.6. The lowest BCUT2D eigenvalue weighted by Crippen LogP contribution is -2.03. The van der Waals surface area contributed by atoms with Gasteiger partial charge in [-0.3, -0.25) is 14.8 Å². The molecule has 30 heavy (non-hydrogen) atoms. The topological polar surface area (TPSA) is 103 Å². The highest BCUT2D eigenvalue weighted by atomic mass is 19.1. The van der Waals surface area contributed by atoms with Crippen LogP contribution in [0.4, 0.5) is 8.78 Å². The number of halogens is 2. The van der Waals surface area contributed by atoms with Gasteiger partial charge >= 0.3 is 0 Å². The van der Waals surface area contributed by atoms with Crippen molar-refractivity contribution in [2.45, 2.75) is 0 Å². The minimum Gasteiger partial charge on any atom is -0.288 e. The van der Waals surface area contributed by atoms with E-state index in [1.165, 1.54) is 0 Å². The van der Waals surface area contributed by atoms with Gasteiger partial charge in [0.05, 0.1) is 22.6 Å². The van der Waals surface area contributed by atoms with Crippen LogP contribution in [0.15, 0.2) is 53.9 Å². The zero-order chi connectivity index (χ0) is 21.0. The number of hydrogen-bond donors (Lipinski definition) is 0. The van der Waals surface area contributed by atoms with Crippen molar-refractivity contribution in [1.29, 1.82) is 10.5 Å². The van der Waals surface area contributed by atoms with Crippen LogP contribution < -0.4 is 0 Å². The summed E-state index contributed by atoms with van der Waals surface area (Å²) in [5, 5.41) is 19.0. The number of nitriles is 2. The summed E-state index contributed by atoms with van der Waals surface area (Å²) in [4.78, 5) is 25.6. The largest absolute Gasteiger partial charge is 0.288 e. The zero-order valence-corrected chi connectivity index (χ0v) is 14.9. The molecule has 0 bridgehead atoms. The number of allylic oxidation sites excluding steroid dienone is 3. The molecule has 5 rings (SSSR count). The smallest absolute Gasteiger partial charge is 0.216 e. The van der Waals surface area contributed by atoms with E-state index < -0.39 is 28.7 Å². The molecule has 0 radical (unpaired) electrons. The van der Waals surface area contributed by atoms with E-state index in [9.17, 15) is 24.1 Å². The third kappa shape index (κ3) is 2.19. The molecular weight excluding hydrogens is 388 g/mol. The first-order valence-electron chi connectivity index (χ1n) is 8.68. The predicted molar refractivity (Wildman–Crippen MR) is 100 cm³/mol. The quantitative estimate of drug-likeness (QED) is 0.256. The van der Waals surface area contributed by atoms with E-state index in [0.717, 1.165) is 0 Å². The Bertz CT molecular complexity index is 1390. The van der Waals surface area contributed by atoms with Crippen molar-refractivity contribution in [2.75, 3.05) is 0 Å². The van der Waals surface area contributed by atoms with Crippen LogP contribution in [0.25, 0.3) is 22.5 Å². The molecule has 2 aliphatic rings. The second kappa shape index (κ2) is 6.23. The van der Waals surface area contributed by atoms with Gasteiger partial charge in [0.15, 0.2) is 5.78 Å². The monoisotopic (exact) mass is 395 g/mol. The van der Waals surface area contributed by atoms with E-state index in [-0.39, 0.29) is 16.8 Å². The number of carbonyl (C=O) groups excluding carboxylic acids is 1. The second-order valence-corrected chi connectivity index (χ2v) is 6.50. The minimum atomic E-state index is -1.16. The average molecular weight is 395 g/mol. The first-order valence-corrected chi connectivity index (χ1v) is 8.68. The van der Waals surface area contributed by atoms with Crippen molar-refractivity contribution < 1.29 is 13.6 Å². The van der Waals surface area contributed by atoms with Crippen molar-refractivity contribution >= 4 is 16.9 Å². The lowest BCUT2D eigenvalue weighted by molar-refractivity contribution is 0.104. The Morgan fingerprint density at radius 2 is 1.50 bits per heavy atom. The molecule has 2 aliphatic carbocycles. The van der Waals surface area contributed by atoms with Gasteiger partial charge < -0.3 is 0 Å². The Balaban J connectivity index is 1.99. The van der Waals surface area contributed by atoms with Crippen LogP contribution in [0, 0.1) is 34.4 Å².